The minimum absolute atomic E-state index is 0.262. The lowest BCUT2D eigenvalue weighted by Crippen LogP contribution is -2.11. The van der Waals surface area contributed by atoms with E-state index in [0.29, 0.717) is 33.6 Å². The fourth-order valence-corrected chi connectivity index (χ4v) is 3.10. The molecule has 30 heavy (non-hydrogen) atoms. The molecule has 3 aromatic rings. The van der Waals surface area contributed by atoms with Crippen LogP contribution in [0.1, 0.15) is 21.6 Å². The van der Waals surface area contributed by atoms with Gasteiger partial charge in [-0.15, -0.1) is 0 Å². The molecule has 0 radical (unpaired) electrons. The Morgan fingerprint density at radius 1 is 1.07 bits per heavy atom. The van der Waals surface area contributed by atoms with Crippen molar-refractivity contribution < 1.29 is 23.8 Å². The molecule has 2 aromatic heterocycles. The van der Waals surface area contributed by atoms with Crippen LogP contribution in [0.2, 0.25) is 5.02 Å². The topological polar surface area (TPSA) is 79.7 Å². The SMILES string of the molecule is COC(=O)C=Cc1cccn1-c1ncc(Cl)cc1C(=O)c1cccc(OC)c1OC. The molecule has 0 aliphatic carbocycles. The summed E-state index contributed by atoms with van der Waals surface area (Å²) in [7, 11) is 4.26. The third-order valence-corrected chi connectivity index (χ3v) is 4.53. The number of pyridine rings is 1. The van der Waals surface area contributed by atoms with Gasteiger partial charge in [0.1, 0.15) is 5.82 Å². The largest absolute Gasteiger partial charge is 0.493 e. The van der Waals surface area contributed by atoms with Crippen LogP contribution in [0.5, 0.6) is 11.5 Å². The van der Waals surface area contributed by atoms with Gasteiger partial charge in [0.25, 0.3) is 0 Å². The van der Waals surface area contributed by atoms with Crippen LogP contribution in [0.25, 0.3) is 11.9 Å². The second kappa shape index (κ2) is 9.28. The zero-order valence-electron chi connectivity index (χ0n) is 16.6. The number of halogens is 1. The number of carbonyl (C=O) groups is 2. The van der Waals surface area contributed by atoms with Gasteiger partial charge in [-0.05, 0) is 36.4 Å². The highest BCUT2D eigenvalue weighted by molar-refractivity contribution is 6.31. The number of ketones is 1. The normalized spacial score (nSPS) is 10.8. The first-order valence-electron chi connectivity index (χ1n) is 8.85. The van der Waals surface area contributed by atoms with Gasteiger partial charge in [0.2, 0.25) is 5.78 Å². The smallest absolute Gasteiger partial charge is 0.330 e. The van der Waals surface area contributed by atoms with Gasteiger partial charge in [-0.3, -0.25) is 4.79 Å². The molecular formula is C22H19ClN2O5. The summed E-state index contributed by atoms with van der Waals surface area (Å²) in [6.45, 7) is 0. The Balaban J connectivity index is 2.13. The van der Waals surface area contributed by atoms with E-state index in [0.717, 1.165) is 0 Å². The summed E-state index contributed by atoms with van der Waals surface area (Å²) in [5.41, 5.74) is 1.20. The van der Waals surface area contributed by atoms with Crippen molar-refractivity contribution in [3.8, 4) is 17.3 Å². The molecule has 0 aliphatic heterocycles. The second-order valence-electron chi connectivity index (χ2n) is 6.05. The average Bonchev–Trinajstić information content (AvgIpc) is 3.24. The molecule has 7 nitrogen and oxygen atoms in total. The molecule has 1 aromatic carbocycles. The number of carbonyl (C=O) groups excluding carboxylic acids is 2. The summed E-state index contributed by atoms with van der Waals surface area (Å²) in [6.07, 6.45) is 6.04. The lowest BCUT2D eigenvalue weighted by Gasteiger charge is -2.15. The zero-order valence-corrected chi connectivity index (χ0v) is 17.3. The number of esters is 1. The number of methoxy groups -OCH3 is 3. The maximum atomic E-state index is 13.4. The van der Waals surface area contributed by atoms with Crippen molar-refractivity contribution in [2.24, 2.45) is 0 Å². The van der Waals surface area contributed by atoms with E-state index in [1.54, 1.807) is 53.2 Å². The van der Waals surface area contributed by atoms with E-state index < -0.39 is 5.97 Å². The van der Waals surface area contributed by atoms with Crippen LogP contribution in [0.15, 0.2) is 54.9 Å². The Bertz CT molecular complexity index is 1120. The predicted molar refractivity (Wildman–Crippen MR) is 113 cm³/mol. The molecule has 0 spiro atoms. The molecule has 0 saturated heterocycles. The Morgan fingerprint density at radius 2 is 1.87 bits per heavy atom. The van der Waals surface area contributed by atoms with Crippen molar-refractivity contribution in [2.45, 2.75) is 0 Å². The maximum Gasteiger partial charge on any atom is 0.330 e. The van der Waals surface area contributed by atoms with Gasteiger partial charge in [0.05, 0.1) is 37.5 Å². The molecule has 2 heterocycles. The zero-order chi connectivity index (χ0) is 21.7. The third-order valence-electron chi connectivity index (χ3n) is 4.33. The van der Waals surface area contributed by atoms with Crippen LogP contribution in [-0.2, 0) is 9.53 Å². The van der Waals surface area contributed by atoms with E-state index in [1.165, 1.54) is 33.6 Å². The van der Waals surface area contributed by atoms with E-state index in [2.05, 4.69) is 9.72 Å². The lowest BCUT2D eigenvalue weighted by atomic mass is 10.0. The van der Waals surface area contributed by atoms with Crippen molar-refractivity contribution in [3.63, 3.8) is 0 Å². The van der Waals surface area contributed by atoms with Crippen molar-refractivity contribution in [1.29, 1.82) is 0 Å². The first-order valence-corrected chi connectivity index (χ1v) is 9.23. The summed E-state index contributed by atoms with van der Waals surface area (Å²) < 4.78 is 17.0. The minimum Gasteiger partial charge on any atom is -0.493 e. The van der Waals surface area contributed by atoms with Crippen LogP contribution < -0.4 is 9.47 Å². The number of hydrogen-bond acceptors (Lipinski definition) is 6. The molecular weight excluding hydrogens is 408 g/mol. The molecule has 0 atom stereocenters. The summed E-state index contributed by atoms with van der Waals surface area (Å²) in [5.74, 6) is 0.261. The third kappa shape index (κ3) is 4.21. The van der Waals surface area contributed by atoms with E-state index in [-0.39, 0.29) is 11.3 Å². The first-order chi connectivity index (χ1) is 14.5. The predicted octanol–water partition coefficient (Wildman–Crippen LogP) is 3.96. The van der Waals surface area contributed by atoms with Crippen LogP contribution >= 0.6 is 11.6 Å². The van der Waals surface area contributed by atoms with Crippen LogP contribution in [0, 0.1) is 0 Å². The standard InChI is InChI=1S/C22H19ClN2O5/c1-28-18-8-4-7-16(21(18)30-3)20(27)17-12-14(23)13-24-22(17)25-11-5-6-15(25)9-10-19(26)29-2/h4-13H,1-3H3. The summed E-state index contributed by atoms with van der Waals surface area (Å²) in [6, 6.07) is 10.1. The molecule has 0 amide bonds. The molecule has 0 N–H and O–H groups in total. The van der Waals surface area contributed by atoms with Crippen molar-refractivity contribution >= 4 is 29.4 Å². The minimum atomic E-state index is -0.496. The Labute approximate surface area is 178 Å². The van der Waals surface area contributed by atoms with E-state index >= 15 is 0 Å². The van der Waals surface area contributed by atoms with Crippen molar-refractivity contribution in [1.82, 2.24) is 9.55 Å². The van der Waals surface area contributed by atoms with E-state index in [4.69, 9.17) is 21.1 Å². The molecule has 0 aliphatic rings. The first kappa shape index (κ1) is 21.1. The van der Waals surface area contributed by atoms with Gasteiger partial charge in [-0.2, -0.15) is 0 Å². The molecule has 3 rings (SSSR count). The molecule has 0 bridgehead atoms. The quantitative estimate of drug-likeness (QED) is 0.323. The molecule has 0 fully saturated rings. The highest BCUT2D eigenvalue weighted by Gasteiger charge is 2.23. The fraction of sp³-hybridized carbons (Fsp3) is 0.136. The average molecular weight is 427 g/mol. The number of nitrogens with zero attached hydrogens (tertiary/aromatic N) is 2. The van der Waals surface area contributed by atoms with Gasteiger partial charge in [0, 0.05) is 24.2 Å². The monoisotopic (exact) mass is 426 g/mol. The second-order valence-corrected chi connectivity index (χ2v) is 6.49. The Kier molecular flexibility index (Phi) is 6.54. The van der Waals surface area contributed by atoms with Gasteiger partial charge < -0.3 is 18.8 Å². The van der Waals surface area contributed by atoms with Gasteiger partial charge >= 0.3 is 5.97 Å². The van der Waals surface area contributed by atoms with Gasteiger partial charge in [-0.1, -0.05) is 17.7 Å². The van der Waals surface area contributed by atoms with Gasteiger partial charge in [0.15, 0.2) is 11.5 Å². The highest BCUT2D eigenvalue weighted by atomic mass is 35.5. The molecule has 0 unspecified atom stereocenters. The summed E-state index contributed by atoms with van der Waals surface area (Å²) >= 11 is 6.15. The molecule has 154 valence electrons. The van der Waals surface area contributed by atoms with Crippen LogP contribution in [-0.4, -0.2) is 42.6 Å². The number of para-hydroxylation sites is 1. The Hall–Kier alpha value is -3.58. The molecule has 8 heteroatoms. The van der Waals surface area contributed by atoms with Crippen LogP contribution in [0.3, 0.4) is 0 Å². The van der Waals surface area contributed by atoms with Crippen LogP contribution in [0.4, 0.5) is 0 Å². The van der Waals surface area contributed by atoms with Gasteiger partial charge in [-0.25, -0.2) is 9.78 Å². The number of aromatic nitrogens is 2. The summed E-state index contributed by atoms with van der Waals surface area (Å²) in [5, 5.41) is 0.308. The maximum absolute atomic E-state index is 13.4. The number of ether oxygens (including phenoxy) is 3. The number of benzene rings is 1. The fourth-order valence-electron chi connectivity index (χ4n) is 2.95. The van der Waals surface area contributed by atoms with E-state index in [1.807, 2.05) is 0 Å². The summed E-state index contributed by atoms with van der Waals surface area (Å²) in [4.78, 5) is 29.3. The van der Waals surface area contributed by atoms with Crippen molar-refractivity contribution in [2.75, 3.05) is 21.3 Å². The highest BCUT2D eigenvalue weighted by Crippen LogP contribution is 2.33. The van der Waals surface area contributed by atoms with E-state index in [9.17, 15) is 9.59 Å². The molecule has 0 saturated carbocycles. The van der Waals surface area contributed by atoms with Crippen molar-refractivity contribution in [3.05, 3.63) is 76.7 Å². The lowest BCUT2D eigenvalue weighted by molar-refractivity contribution is -0.134. The Morgan fingerprint density at radius 3 is 2.57 bits per heavy atom. The number of hydrogen-bond donors (Lipinski definition) is 0. The number of rotatable bonds is 7.